The van der Waals surface area contributed by atoms with Crippen LogP contribution in [0.25, 0.3) is 11.0 Å². The molecule has 4 heteroatoms. The van der Waals surface area contributed by atoms with Crippen LogP contribution in [0.3, 0.4) is 0 Å². The summed E-state index contributed by atoms with van der Waals surface area (Å²) in [4.78, 5) is 13.1. The van der Waals surface area contributed by atoms with Gasteiger partial charge in [-0.3, -0.25) is 0 Å². The minimum Gasteiger partial charge on any atom is -0.239 e. The monoisotopic (exact) mass is 243 g/mol. The van der Waals surface area contributed by atoms with Crippen molar-refractivity contribution in [1.82, 2.24) is 4.57 Å². The minimum atomic E-state index is 0.0248. The summed E-state index contributed by atoms with van der Waals surface area (Å²) < 4.78 is 3.65. The van der Waals surface area contributed by atoms with Gasteiger partial charge in [-0.05, 0) is 23.6 Å². The molecule has 1 aromatic carbocycles. The van der Waals surface area contributed by atoms with Crippen LogP contribution in [0.1, 0.15) is 9.67 Å². The van der Waals surface area contributed by atoms with Crippen molar-refractivity contribution in [3.63, 3.8) is 0 Å². The fourth-order valence-corrected chi connectivity index (χ4v) is 2.60. The highest BCUT2D eigenvalue weighted by atomic mass is 32.1. The highest BCUT2D eigenvalue weighted by Gasteiger charge is 2.21. The molecule has 0 saturated carbocycles. The molecule has 2 aromatic heterocycles. The van der Waals surface area contributed by atoms with E-state index in [4.69, 9.17) is 0 Å². The van der Waals surface area contributed by atoms with Crippen molar-refractivity contribution < 1.29 is 9.36 Å². The second kappa shape index (κ2) is 3.82. The summed E-state index contributed by atoms with van der Waals surface area (Å²) in [5, 5.41) is 1.92. The van der Waals surface area contributed by atoms with Crippen molar-refractivity contribution in [3.8, 4) is 0 Å². The molecule has 3 aromatic rings. The van der Waals surface area contributed by atoms with E-state index in [1.165, 1.54) is 11.3 Å². The van der Waals surface area contributed by atoms with Crippen molar-refractivity contribution in [2.24, 2.45) is 7.05 Å². The predicted molar refractivity (Wildman–Crippen MR) is 67.2 cm³/mol. The van der Waals surface area contributed by atoms with E-state index in [-0.39, 0.29) is 5.91 Å². The molecule has 0 fully saturated rings. The molecule has 2 heterocycles. The molecule has 0 radical (unpaired) electrons. The molecule has 0 N–H and O–H groups in total. The zero-order chi connectivity index (χ0) is 11.8. The fraction of sp³-hybridized carbons (Fsp3) is 0.0769. The number of nitrogens with zero attached hydrogens (tertiary/aromatic N) is 2. The van der Waals surface area contributed by atoms with E-state index in [0.29, 0.717) is 0 Å². The highest BCUT2D eigenvalue weighted by molar-refractivity contribution is 7.12. The van der Waals surface area contributed by atoms with Gasteiger partial charge in [-0.1, -0.05) is 18.2 Å². The van der Waals surface area contributed by atoms with Crippen molar-refractivity contribution in [1.29, 1.82) is 0 Å². The largest absolute Gasteiger partial charge is 0.356 e. The van der Waals surface area contributed by atoms with Crippen LogP contribution in [0, 0.1) is 0 Å². The number of hydrogen-bond acceptors (Lipinski definition) is 2. The maximum Gasteiger partial charge on any atom is 0.356 e. The molecule has 0 spiro atoms. The standard InChI is InChI=1S/C13H11N2OS/c1-14-9-15(11-6-3-2-5-10(11)14)13(16)12-7-4-8-17-12/h2-9H,1H3/q+1. The number of aryl methyl sites for hydroxylation is 1. The first kappa shape index (κ1) is 10.2. The number of rotatable bonds is 1. The Balaban J connectivity index is 2.22. The summed E-state index contributed by atoms with van der Waals surface area (Å²) in [6, 6.07) is 11.6. The third-order valence-corrected chi connectivity index (χ3v) is 3.62. The van der Waals surface area contributed by atoms with Crippen LogP contribution in [0.4, 0.5) is 0 Å². The molecule has 0 unspecified atom stereocenters. The Morgan fingerprint density at radius 2 is 2.06 bits per heavy atom. The highest BCUT2D eigenvalue weighted by Crippen LogP contribution is 2.15. The van der Waals surface area contributed by atoms with Crippen molar-refractivity contribution in [3.05, 3.63) is 53.0 Å². The van der Waals surface area contributed by atoms with Crippen LogP contribution in [0.15, 0.2) is 48.1 Å². The van der Waals surface area contributed by atoms with Gasteiger partial charge in [0.05, 0.1) is 7.05 Å². The molecule has 0 aliphatic heterocycles. The summed E-state index contributed by atoms with van der Waals surface area (Å²) >= 11 is 1.46. The van der Waals surface area contributed by atoms with Gasteiger partial charge in [0, 0.05) is 0 Å². The predicted octanol–water partition coefficient (Wildman–Crippen LogP) is 2.22. The molecule has 17 heavy (non-hydrogen) atoms. The molecular weight excluding hydrogens is 232 g/mol. The van der Waals surface area contributed by atoms with Gasteiger partial charge in [-0.25, -0.2) is 9.36 Å². The first-order valence-electron chi connectivity index (χ1n) is 5.31. The van der Waals surface area contributed by atoms with Gasteiger partial charge in [0.15, 0.2) is 11.0 Å². The second-order valence-electron chi connectivity index (χ2n) is 3.87. The van der Waals surface area contributed by atoms with Crippen LogP contribution in [0.2, 0.25) is 0 Å². The molecular formula is C13H11N2OS+. The first-order valence-corrected chi connectivity index (χ1v) is 6.19. The number of para-hydroxylation sites is 2. The average molecular weight is 243 g/mol. The Morgan fingerprint density at radius 3 is 2.82 bits per heavy atom. The van der Waals surface area contributed by atoms with E-state index in [1.807, 2.05) is 59.7 Å². The number of aromatic nitrogens is 2. The maximum absolute atomic E-state index is 12.3. The summed E-state index contributed by atoms with van der Waals surface area (Å²) in [5.74, 6) is 0.0248. The van der Waals surface area contributed by atoms with Gasteiger partial charge in [0.2, 0.25) is 0 Å². The van der Waals surface area contributed by atoms with E-state index in [9.17, 15) is 4.79 Å². The van der Waals surface area contributed by atoms with E-state index < -0.39 is 0 Å². The topological polar surface area (TPSA) is 25.9 Å². The summed E-state index contributed by atoms with van der Waals surface area (Å²) in [6.07, 6.45) is 1.83. The van der Waals surface area contributed by atoms with E-state index in [2.05, 4.69) is 0 Å². The van der Waals surface area contributed by atoms with Crippen LogP contribution in [-0.4, -0.2) is 10.5 Å². The molecule has 0 atom stereocenters. The smallest absolute Gasteiger partial charge is 0.239 e. The molecule has 0 saturated heterocycles. The van der Waals surface area contributed by atoms with Gasteiger partial charge in [0.1, 0.15) is 4.88 Å². The Morgan fingerprint density at radius 1 is 1.24 bits per heavy atom. The van der Waals surface area contributed by atoms with Crippen molar-refractivity contribution >= 4 is 28.3 Å². The Bertz CT molecular complexity index is 683. The number of fused-ring (bicyclic) bond motifs is 1. The van der Waals surface area contributed by atoms with Crippen LogP contribution in [0.5, 0.6) is 0 Å². The zero-order valence-corrected chi connectivity index (χ0v) is 10.1. The van der Waals surface area contributed by atoms with Crippen LogP contribution >= 0.6 is 11.3 Å². The van der Waals surface area contributed by atoms with Crippen molar-refractivity contribution in [2.45, 2.75) is 0 Å². The summed E-state index contributed by atoms with van der Waals surface area (Å²) in [7, 11) is 1.94. The van der Waals surface area contributed by atoms with Gasteiger partial charge in [-0.15, -0.1) is 11.3 Å². The van der Waals surface area contributed by atoms with Crippen molar-refractivity contribution in [2.75, 3.05) is 0 Å². The van der Waals surface area contributed by atoms with Gasteiger partial charge < -0.3 is 0 Å². The first-order chi connectivity index (χ1) is 8.27. The number of carbonyl (C=O) groups is 1. The fourth-order valence-electron chi connectivity index (χ4n) is 1.94. The normalized spacial score (nSPS) is 10.9. The SMILES string of the molecule is C[n+]1cn(C(=O)c2cccs2)c2ccccc21. The molecule has 0 aliphatic carbocycles. The van der Waals surface area contributed by atoms with E-state index in [1.54, 1.807) is 4.57 Å². The van der Waals surface area contributed by atoms with Gasteiger partial charge >= 0.3 is 5.91 Å². The Labute approximate surface area is 103 Å². The molecule has 3 nitrogen and oxygen atoms in total. The third kappa shape index (κ3) is 1.57. The zero-order valence-electron chi connectivity index (χ0n) is 9.33. The molecule has 3 rings (SSSR count). The Kier molecular flexibility index (Phi) is 2.30. The maximum atomic E-state index is 12.3. The van der Waals surface area contributed by atoms with Crippen LogP contribution in [-0.2, 0) is 7.05 Å². The number of imidazole rings is 1. The lowest BCUT2D eigenvalue weighted by atomic mass is 10.3. The van der Waals surface area contributed by atoms with E-state index in [0.717, 1.165) is 15.9 Å². The van der Waals surface area contributed by atoms with Gasteiger partial charge in [0.25, 0.3) is 6.33 Å². The second-order valence-corrected chi connectivity index (χ2v) is 4.82. The number of benzene rings is 1. The minimum absolute atomic E-state index is 0.0248. The lowest BCUT2D eigenvalue weighted by Gasteiger charge is -1.92. The number of carbonyl (C=O) groups excluding carboxylic acids is 1. The lowest BCUT2D eigenvalue weighted by molar-refractivity contribution is -0.645. The van der Waals surface area contributed by atoms with Gasteiger partial charge in [-0.2, -0.15) is 4.57 Å². The molecule has 0 bridgehead atoms. The number of hydrogen-bond donors (Lipinski definition) is 0. The number of thiophene rings is 1. The molecule has 0 aliphatic rings. The third-order valence-electron chi connectivity index (χ3n) is 2.76. The summed E-state index contributed by atoms with van der Waals surface area (Å²) in [5.41, 5.74) is 1.99. The molecule has 84 valence electrons. The van der Waals surface area contributed by atoms with E-state index >= 15 is 0 Å². The van der Waals surface area contributed by atoms with Crippen LogP contribution < -0.4 is 4.57 Å². The lowest BCUT2D eigenvalue weighted by Crippen LogP contribution is -2.26. The average Bonchev–Trinajstić information content (AvgIpc) is 2.97. The Hall–Kier alpha value is -1.94. The summed E-state index contributed by atoms with van der Waals surface area (Å²) in [6.45, 7) is 0. The molecule has 0 amide bonds. The quantitative estimate of drug-likeness (QED) is 0.602.